The van der Waals surface area contributed by atoms with E-state index in [9.17, 15) is 62.3 Å². The van der Waals surface area contributed by atoms with Crippen molar-refractivity contribution < 1.29 is 67.0 Å². The monoisotopic (exact) mass is 890 g/mol. The van der Waals surface area contributed by atoms with E-state index < -0.39 is 82.1 Å². The lowest BCUT2D eigenvalue weighted by molar-refractivity contribution is -0.144. The molecule has 6 rings (SSSR count). The smallest absolute Gasteiger partial charge is 0.371 e. The highest BCUT2D eigenvalue weighted by molar-refractivity contribution is 5.79. The number of nitrogens with one attached hydrogen (secondary N) is 4. The number of alkyl halides is 12. The van der Waals surface area contributed by atoms with Crippen LogP contribution in [0.2, 0.25) is 0 Å². The number of rotatable bonds is 10. The zero-order chi connectivity index (χ0) is 46.1. The second-order valence-corrected chi connectivity index (χ2v) is 15.4. The van der Waals surface area contributed by atoms with Crippen LogP contribution in [0.15, 0.2) is 97.1 Å². The van der Waals surface area contributed by atoms with Gasteiger partial charge in [0.15, 0.2) is 0 Å². The zero-order valence-electron chi connectivity index (χ0n) is 33.4. The number of urea groups is 2. The molecule has 2 fully saturated rings. The van der Waals surface area contributed by atoms with Gasteiger partial charge < -0.3 is 26.0 Å². The van der Waals surface area contributed by atoms with Crippen LogP contribution in [0, 0.1) is 0 Å². The fourth-order valence-corrected chi connectivity index (χ4v) is 7.56. The van der Waals surface area contributed by atoms with E-state index in [1.54, 1.807) is 56.3 Å². The quantitative estimate of drug-likeness (QED) is 0.120. The van der Waals surface area contributed by atoms with Crippen LogP contribution in [0.3, 0.4) is 0 Å². The average Bonchev–Trinajstić information content (AvgIpc) is 3.67. The molecule has 2 aliphatic heterocycles. The fraction of sp³-hybridized carbons (Fsp3) is 0.395. The molecule has 4 amide bonds. The maximum atomic E-state index is 13.2. The van der Waals surface area contributed by atoms with E-state index in [1.807, 2.05) is 25.1 Å². The van der Waals surface area contributed by atoms with Gasteiger partial charge in [0.2, 0.25) is 0 Å². The van der Waals surface area contributed by atoms with Gasteiger partial charge in [0.25, 0.3) is 0 Å². The van der Waals surface area contributed by atoms with Crippen LogP contribution >= 0.6 is 0 Å². The number of benzene rings is 4. The van der Waals surface area contributed by atoms with Crippen molar-refractivity contribution in [1.29, 1.82) is 0 Å². The summed E-state index contributed by atoms with van der Waals surface area (Å²) < 4.78 is 164. The van der Waals surface area contributed by atoms with Crippen molar-refractivity contribution in [3.05, 3.63) is 142 Å². The summed E-state index contributed by atoms with van der Waals surface area (Å²) in [5.74, 6) is -0.603. The summed E-state index contributed by atoms with van der Waals surface area (Å²) in [5.41, 5.74) is -6.14. The summed E-state index contributed by atoms with van der Waals surface area (Å²) >= 11 is 0. The SMILES string of the molecule is C[C@H](CC[C@]1(c2ccccc2)NC(=O)N[C@@H]1C)c1cc(C(F)(F)F)cc(C(F)(F)F)c1.C[C@H](OC[C@]1(c2ccccc2)NC(=O)N[C@H]1C)c1cc(C(F)(F)F)cc(C(F)(F)F)c1. The first-order valence-corrected chi connectivity index (χ1v) is 19.1. The van der Waals surface area contributed by atoms with E-state index in [0.717, 1.165) is 17.7 Å². The molecule has 4 aromatic carbocycles. The van der Waals surface area contributed by atoms with Crippen LogP contribution in [-0.2, 0) is 40.5 Å². The Morgan fingerprint density at radius 1 is 0.548 bits per heavy atom. The first-order chi connectivity index (χ1) is 28.7. The molecular formula is C43H42F12N4O3. The Hall–Kier alpha value is -5.46. The van der Waals surface area contributed by atoms with Crippen molar-refractivity contribution in [3.63, 3.8) is 0 Å². The Morgan fingerprint density at radius 3 is 1.26 bits per heavy atom. The van der Waals surface area contributed by atoms with E-state index in [0.29, 0.717) is 24.1 Å². The Kier molecular flexibility index (Phi) is 13.6. The summed E-state index contributed by atoms with van der Waals surface area (Å²) in [7, 11) is 0. The summed E-state index contributed by atoms with van der Waals surface area (Å²) in [6.45, 7) is 6.31. The number of ether oxygens (including phenoxy) is 1. The van der Waals surface area contributed by atoms with Gasteiger partial charge in [0.1, 0.15) is 5.54 Å². The van der Waals surface area contributed by atoms with E-state index in [2.05, 4.69) is 21.3 Å². The molecular weight excluding hydrogens is 848 g/mol. The van der Waals surface area contributed by atoms with Gasteiger partial charge in [0.05, 0.1) is 52.6 Å². The van der Waals surface area contributed by atoms with Crippen molar-refractivity contribution in [2.24, 2.45) is 0 Å². The third-order valence-electron chi connectivity index (χ3n) is 11.2. The molecule has 4 N–H and O–H groups in total. The largest absolute Gasteiger partial charge is 0.416 e. The molecule has 0 aliphatic carbocycles. The second-order valence-electron chi connectivity index (χ2n) is 15.4. The van der Waals surface area contributed by atoms with Crippen LogP contribution in [0.4, 0.5) is 62.3 Å². The lowest BCUT2D eigenvalue weighted by atomic mass is 9.78. The fourth-order valence-electron chi connectivity index (χ4n) is 7.56. The van der Waals surface area contributed by atoms with Crippen LogP contribution in [0.1, 0.15) is 97.1 Å². The summed E-state index contributed by atoms with van der Waals surface area (Å²) in [6, 6.07) is 19.3. The number of carbonyl (C=O) groups excluding carboxylic acids is 2. The maximum absolute atomic E-state index is 13.2. The third kappa shape index (κ3) is 10.8. The molecule has 0 radical (unpaired) electrons. The molecule has 2 aliphatic rings. The molecule has 0 unspecified atom stereocenters. The first-order valence-electron chi connectivity index (χ1n) is 19.1. The molecule has 6 atom stereocenters. The lowest BCUT2D eigenvalue weighted by Crippen LogP contribution is -2.49. The second kappa shape index (κ2) is 17.7. The zero-order valence-corrected chi connectivity index (χ0v) is 33.4. The molecule has 19 heteroatoms. The molecule has 336 valence electrons. The predicted molar refractivity (Wildman–Crippen MR) is 203 cm³/mol. The number of hydrogen-bond acceptors (Lipinski definition) is 3. The van der Waals surface area contributed by atoms with Crippen LogP contribution < -0.4 is 21.3 Å². The van der Waals surface area contributed by atoms with Crippen molar-refractivity contribution in [2.45, 2.75) is 100 Å². The molecule has 0 aromatic heterocycles. The van der Waals surface area contributed by atoms with Crippen LogP contribution in [0.5, 0.6) is 0 Å². The molecule has 0 saturated carbocycles. The van der Waals surface area contributed by atoms with Gasteiger partial charge in [-0.15, -0.1) is 0 Å². The minimum Gasteiger partial charge on any atom is -0.371 e. The van der Waals surface area contributed by atoms with Crippen molar-refractivity contribution in [2.75, 3.05) is 6.61 Å². The number of amides is 4. The molecule has 2 heterocycles. The number of carbonyl (C=O) groups is 2. The minimum atomic E-state index is -4.95. The first kappa shape index (κ1) is 47.6. The number of halogens is 12. The van der Waals surface area contributed by atoms with Crippen molar-refractivity contribution in [1.82, 2.24) is 21.3 Å². The standard InChI is InChI=1S/C22H22F6N2O.C21H20F6N2O2/c1-13(15-10-17(21(23,24)25)12-18(11-15)22(26,27)28)8-9-20(14(2)29-19(31)30-20)16-6-4-3-5-7-16;1-12(14-8-16(20(22,23)24)10-17(9-14)21(25,26)27)31-11-19(13(2)28-18(30)29-19)15-6-4-3-5-7-15/h3-7,10-14H,8-9H2,1-2H3,(H2,29,30,31);3-10,12-13H,11H2,1-2H3,(H2,28,29,30)/t13-,14-,20+;12-,13-,19-/m10/s1. The Labute approximate surface area is 348 Å². The minimum absolute atomic E-state index is 0.0460. The van der Waals surface area contributed by atoms with Crippen LogP contribution in [-0.4, -0.2) is 30.8 Å². The topological polar surface area (TPSA) is 91.5 Å². The highest BCUT2D eigenvalue weighted by atomic mass is 19.4. The maximum Gasteiger partial charge on any atom is 0.416 e. The van der Waals surface area contributed by atoms with E-state index in [-0.39, 0.29) is 48.4 Å². The molecule has 7 nitrogen and oxygen atoms in total. The molecule has 0 bridgehead atoms. The Balaban J connectivity index is 0.000000234. The van der Waals surface area contributed by atoms with Gasteiger partial charge in [-0.1, -0.05) is 67.6 Å². The van der Waals surface area contributed by atoms with E-state index in [1.165, 1.54) is 6.92 Å². The number of hydrogen-bond donors (Lipinski definition) is 4. The predicted octanol–water partition coefficient (Wildman–Crippen LogP) is 11.6. The average molecular weight is 891 g/mol. The van der Waals surface area contributed by atoms with Gasteiger partial charge in [-0.25, -0.2) is 9.59 Å². The van der Waals surface area contributed by atoms with E-state index >= 15 is 0 Å². The van der Waals surface area contributed by atoms with E-state index in [4.69, 9.17) is 4.74 Å². The summed E-state index contributed by atoms with van der Waals surface area (Å²) in [4.78, 5) is 23.9. The van der Waals surface area contributed by atoms with Gasteiger partial charge in [-0.2, -0.15) is 52.7 Å². The molecule has 2 saturated heterocycles. The lowest BCUT2D eigenvalue weighted by Gasteiger charge is -2.34. The van der Waals surface area contributed by atoms with Crippen LogP contribution in [0.25, 0.3) is 0 Å². The molecule has 62 heavy (non-hydrogen) atoms. The summed E-state index contributed by atoms with van der Waals surface area (Å²) in [6.07, 6.45) is -20.2. The Morgan fingerprint density at radius 2 is 0.903 bits per heavy atom. The highest BCUT2D eigenvalue weighted by Crippen LogP contribution is 2.42. The van der Waals surface area contributed by atoms with Crippen molar-refractivity contribution >= 4 is 12.1 Å². The molecule has 4 aromatic rings. The van der Waals surface area contributed by atoms with Gasteiger partial charge in [0, 0.05) is 0 Å². The normalized spacial score (nSPS) is 22.7. The van der Waals surface area contributed by atoms with Gasteiger partial charge >= 0.3 is 36.8 Å². The van der Waals surface area contributed by atoms with Crippen molar-refractivity contribution in [3.8, 4) is 0 Å². The van der Waals surface area contributed by atoms with Gasteiger partial charge in [-0.3, -0.25) is 0 Å². The molecule has 0 spiro atoms. The Bertz CT molecular complexity index is 1980. The highest BCUT2D eigenvalue weighted by Gasteiger charge is 2.47. The van der Waals surface area contributed by atoms with Gasteiger partial charge in [-0.05, 0) is 98.2 Å². The third-order valence-corrected chi connectivity index (χ3v) is 11.2. The summed E-state index contributed by atoms with van der Waals surface area (Å²) in [5, 5.41) is 11.2.